The minimum Gasteiger partial charge on any atom is -0.481 e. The number of amides is 1. The number of hydrogen-bond acceptors (Lipinski definition) is 7. The van der Waals surface area contributed by atoms with Crippen LogP contribution in [0.5, 0.6) is 5.88 Å². The van der Waals surface area contributed by atoms with Gasteiger partial charge in [0, 0.05) is 48.9 Å². The summed E-state index contributed by atoms with van der Waals surface area (Å²) in [5.41, 5.74) is 2.54. The number of hydrogen-bond donors (Lipinski definition) is 1. The van der Waals surface area contributed by atoms with E-state index in [4.69, 9.17) is 9.72 Å². The first kappa shape index (κ1) is 24.0. The van der Waals surface area contributed by atoms with Crippen LogP contribution < -0.4 is 10.1 Å². The van der Waals surface area contributed by atoms with Crippen molar-refractivity contribution in [2.24, 2.45) is 0 Å². The molecule has 8 nitrogen and oxygen atoms in total. The molecule has 0 aliphatic carbocycles. The summed E-state index contributed by atoms with van der Waals surface area (Å²) < 4.78 is 32.4. The predicted molar refractivity (Wildman–Crippen MR) is 130 cm³/mol. The van der Waals surface area contributed by atoms with Crippen molar-refractivity contribution < 1.29 is 18.3 Å². The first-order valence-electron chi connectivity index (χ1n) is 12.0. The molecule has 1 spiro atoms. The first-order chi connectivity index (χ1) is 17.3. The molecule has 5 heterocycles. The van der Waals surface area contributed by atoms with E-state index in [1.165, 1.54) is 13.2 Å². The molecule has 0 bridgehead atoms. The molecule has 5 rings (SSSR count). The Hall–Kier alpha value is -3.69. The Bertz CT molecular complexity index is 1290. The molecule has 1 saturated heterocycles. The van der Waals surface area contributed by atoms with Gasteiger partial charge in [0.05, 0.1) is 24.3 Å². The summed E-state index contributed by atoms with van der Waals surface area (Å²) in [6.45, 7) is 4.64. The first-order valence-corrected chi connectivity index (χ1v) is 12.0. The van der Waals surface area contributed by atoms with Gasteiger partial charge in [0.1, 0.15) is 5.82 Å². The Labute approximate surface area is 208 Å². The fourth-order valence-electron chi connectivity index (χ4n) is 5.20. The average molecular weight is 495 g/mol. The highest BCUT2D eigenvalue weighted by Gasteiger charge is 2.43. The standard InChI is InChI=1S/C26H28F2N6O2/c1-15(18-12-21(36-3)31-13-20(18)22(27)28)25(35)34-10-7-26(14-34)6-5-17-11-19(16(2)32-23(17)33-26)24-29-8-4-9-30-24/h4,8-9,11-13,15,22H,5-7,10,14H2,1-3H3,(H,32,33)/t15-,26+/m1/s1. The normalized spacial score (nSPS) is 19.8. The number of anilines is 1. The number of ether oxygens (including phenoxy) is 1. The van der Waals surface area contributed by atoms with Gasteiger partial charge >= 0.3 is 0 Å². The summed E-state index contributed by atoms with van der Waals surface area (Å²) in [6, 6.07) is 5.31. The summed E-state index contributed by atoms with van der Waals surface area (Å²) in [5, 5.41) is 3.61. The van der Waals surface area contributed by atoms with Gasteiger partial charge in [-0.25, -0.2) is 28.7 Å². The zero-order chi connectivity index (χ0) is 25.4. The van der Waals surface area contributed by atoms with Crippen LogP contribution in [0.3, 0.4) is 0 Å². The summed E-state index contributed by atoms with van der Waals surface area (Å²) in [5.74, 6) is 0.744. The third-order valence-electron chi connectivity index (χ3n) is 7.24. The highest BCUT2D eigenvalue weighted by Crippen LogP contribution is 2.39. The maximum atomic E-state index is 13.6. The zero-order valence-electron chi connectivity index (χ0n) is 20.5. The molecule has 2 aliphatic rings. The SMILES string of the molecule is COc1cc([C@@H](C)C(=O)N2CC[C@@]3(CCc4cc(-c5ncccn5)c(C)nc4N3)C2)c(C(F)F)cn1. The van der Waals surface area contributed by atoms with E-state index in [2.05, 4.69) is 26.3 Å². The molecule has 3 aromatic heterocycles. The molecule has 2 aliphatic heterocycles. The quantitative estimate of drug-likeness (QED) is 0.565. The lowest BCUT2D eigenvalue weighted by atomic mass is 9.86. The van der Waals surface area contributed by atoms with Gasteiger partial charge in [0.2, 0.25) is 11.8 Å². The molecule has 3 aromatic rings. The van der Waals surface area contributed by atoms with Crippen molar-refractivity contribution in [1.29, 1.82) is 0 Å². The van der Waals surface area contributed by atoms with Crippen LogP contribution in [0.25, 0.3) is 11.4 Å². The molecular formula is C26H28F2N6O2. The number of fused-ring (bicyclic) bond motifs is 1. The Morgan fingerprint density at radius 1 is 1.17 bits per heavy atom. The van der Waals surface area contributed by atoms with Crippen molar-refractivity contribution in [2.45, 2.75) is 51.0 Å². The number of methoxy groups -OCH3 is 1. The van der Waals surface area contributed by atoms with Crippen LogP contribution in [0.1, 0.15) is 54.5 Å². The number of pyridine rings is 2. The molecule has 0 unspecified atom stereocenters. The number of halogens is 2. The van der Waals surface area contributed by atoms with Crippen molar-refractivity contribution in [3.8, 4) is 17.3 Å². The second kappa shape index (κ2) is 9.40. The summed E-state index contributed by atoms with van der Waals surface area (Å²) >= 11 is 0. The van der Waals surface area contributed by atoms with Crippen molar-refractivity contribution in [1.82, 2.24) is 24.8 Å². The second-order valence-electron chi connectivity index (χ2n) is 9.49. The number of carbonyl (C=O) groups is 1. The third kappa shape index (κ3) is 4.36. The van der Waals surface area contributed by atoms with Crippen molar-refractivity contribution in [3.05, 3.63) is 59.2 Å². The molecule has 1 N–H and O–H groups in total. The predicted octanol–water partition coefficient (Wildman–Crippen LogP) is 4.32. The third-order valence-corrected chi connectivity index (χ3v) is 7.24. The van der Waals surface area contributed by atoms with E-state index in [9.17, 15) is 13.6 Å². The van der Waals surface area contributed by atoms with E-state index in [1.807, 2.05) is 6.92 Å². The van der Waals surface area contributed by atoms with Crippen LogP contribution in [-0.2, 0) is 11.2 Å². The van der Waals surface area contributed by atoms with Crippen LogP contribution in [0.15, 0.2) is 36.8 Å². The highest BCUT2D eigenvalue weighted by molar-refractivity contribution is 5.84. The van der Waals surface area contributed by atoms with Crippen molar-refractivity contribution >= 4 is 11.7 Å². The largest absolute Gasteiger partial charge is 0.481 e. The van der Waals surface area contributed by atoms with Crippen LogP contribution in [0.2, 0.25) is 0 Å². The maximum Gasteiger partial charge on any atom is 0.265 e. The highest BCUT2D eigenvalue weighted by atomic mass is 19.3. The van der Waals surface area contributed by atoms with Gasteiger partial charge in [0.25, 0.3) is 6.43 Å². The number of aryl methyl sites for hydroxylation is 2. The number of aromatic nitrogens is 4. The van der Waals surface area contributed by atoms with Crippen LogP contribution in [0.4, 0.5) is 14.6 Å². The van der Waals surface area contributed by atoms with E-state index in [0.717, 1.165) is 48.1 Å². The molecule has 0 saturated carbocycles. The average Bonchev–Trinajstić information content (AvgIpc) is 3.30. The lowest BCUT2D eigenvalue weighted by Crippen LogP contribution is -2.46. The molecule has 0 aromatic carbocycles. The lowest BCUT2D eigenvalue weighted by molar-refractivity contribution is -0.131. The Morgan fingerprint density at radius 3 is 2.67 bits per heavy atom. The fraction of sp³-hybridized carbons (Fsp3) is 0.423. The number of alkyl halides is 2. The molecule has 1 fully saturated rings. The number of nitrogens with one attached hydrogen (secondary N) is 1. The second-order valence-corrected chi connectivity index (χ2v) is 9.49. The van der Waals surface area contributed by atoms with Gasteiger partial charge in [-0.3, -0.25) is 4.79 Å². The molecule has 188 valence electrons. The minimum absolute atomic E-state index is 0.185. The summed E-state index contributed by atoms with van der Waals surface area (Å²) in [6.07, 6.45) is 4.20. The van der Waals surface area contributed by atoms with Gasteiger partial charge < -0.3 is 15.0 Å². The summed E-state index contributed by atoms with van der Waals surface area (Å²) in [4.78, 5) is 32.6. The fourth-order valence-corrected chi connectivity index (χ4v) is 5.20. The molecular weight excluding hydrogens is 466 g/mol. The van der Waals surface area contributed by atoms with Gasteiger partial charge in [-0.2, -0.15) is 0 Å². The molecule has 2 atom stereocenters. The van der Waals surface area contributed by atoms with E-state index in [-0.39, 0.29) is 28.5 Å². The van der Waals surface area contributed by atoms with Crippen molar-refractivity contribution in [3.63, 3.8) is 0 Å². The van der Waals surface area contributed by atoms with Crippen LogP contribution >= 0.6 is 0 Å². The van der Waals surface area contributed by atoms with E-state index < -0.39 is 12.3 Å². The van der Waals surface area contributed by atoms with Crippen LogP contribution in [-0.4, -0.2) is 56.5 Å². The van der Waals surface area contributed by atoms with Gasteiger partial charge in [-0.15, -0.1) is 0 Å². The van der Waals surface area contributed by atoms with Crippen LogP contribution in [0, 0.1) is 6.92 Å². The molecule has 1 amide bonds. The number of likely N-dealkylation sites (tertiary alicyclic amines) is 1. The Balaban J connectivity index is 1.34. The smallest absolute Gasteiger partial charge is 0.265 e. The number of nitrogens with zero attached hydrogens (tertiary/aromatic N) is 5. The van der Waals surface area contributed by atoms with Crippen molar-refractivity contribution in [2.75, 3.05) is 25.5 Å². The maximum absolute atomic E-state index is 13.6. The monoisotopic (exact) mass is 494 g/mol. The zero-order valence-corrected chi connectivity index (χ0v) is 20.5. The Morgan fingerprint density at radius 2 is 1.94 bits per heavy atom. The molecule has 36 heavy (non-hydrogen) atoms. The summed E-state index contributed by atoms with van der Waals surface area (Å²) in [7, 11) is 1.42. The Kier molecular flexibility index (Phi) is 6.27. The molecule has 10 heteroatoms. The van der Waals surface area contributed by atoms with E-state index in [0.29, 0.717) is 18.9 Å². The van der Waals surface area contributed by atoms with Gasteiger partial charge in [-0.1, -0.05) is 0 Å². The van der Waals surface area contributed by atoms with E-state index >= 15 is 0 Å². The molecule has 0 radical (unpaired) electrons. The minimum atomic E-state index is -2.73. The number of rotatable bonds is 5. The number of carbonyl (C=O) groups excluding carboxylic acids is 1. The van der Waals surface area contributed by atoms with Gasteiger partial charge in [0.15, 0.2) is 5.82 Å². The van der Waals surface area contributed by atoms with E-state index in [1.54, 1.807) is 30.3 Å². The topological polar surface area (TPSA) is 93.1 Å². The lowest BCUT2D eigenvalue weighted by Gasteiger charge is -2.36. The van der Waals surface area contributed by atoms with Gasteiger partial charge in [-0.05, 0) is 56.4 Å².